The summed E-state index contributed by atoms with van der Waals surface area (Å²) in [7, 11) is 1.85. The summed E-state index contributed by atoms with van der Waals surface area (Å²) >= 11 is 0. The lowest BCUT2D eigenvalue weighted by Crippen LogP contribution is -2.46. The van der Waals surface area contributed by atoms with Crippen molar-refractivity contribution in [3.63, 3.8) is 0 Å². The molecule has 2 aliphatic heterocycles. The van der Waals surface area contributed by atoms with Crippen molar-refractivity contribution >= 4 is 17.5 Å². The summed E-state index contributed by atoms with van der Waals surface area (Å²) < 4.78 is 1.71. The topological polar surface area (TPSA) is 113 Å². The molecule has 2 fully saturated rings. The second-order valence-electron chi connectivity index (χ2n) is 7.07. The number of nitrogens with one attached hydrogen (secondary N) is 1. The largest absolute Gasteiger partial charge is 0.364 e. The van der Waals surface area contributed by atoms with Crippen molar-refractivity contribution in [1.29, 1.82) is 0 Å². The van der Waals surface area contributed by atoms with Gasteiger partial charge in [-0.3, -0.25) is 24.3 Å². The van der Waals surface area contributed by atoms with E-state index in [1.165, 1.54) is 0 Å². The summed E-state index contributed by atoms with van der Waals surface area (Å²) in [5.41, 5.74) is 7.32. The number of likely N-dealkylation sites (tertiary alicyclic amines) is 1. The van der Waals surface area contributed by atoms with Gasteiger partial charge in [0.05, 0.1) is 17.9 Å². The molecule has 2 aromatic heterocycles. The molecule has 4 rings (SSSR count). The number of nitrogens with two attached hydrogens (primary N) is 1. The predicted octanol–water partition coefficient (Wildman–Crippen LogP) is 0.227. The van der Waals surface area contributed by atoms with Crippen LogP contribution in [0.15, 0.2) is 18.5 Å². The minimum Gasteiger partial charge on any atom is -0.364 e. The van der Waals surface area contributed by atoms with Crippen LogP contribution >= 0.6 is 0 Å². The lowest BCUT2D eigenvalue weighted by Gasteiger charge is -2.35. The van der Waals surface area contributed by atoms with Crippen molar-refractivity contribution < 1.29 is 9.59 Å². The summed E-state index contributed by atoms with van der Waals surface area (Å²) in [6, 6.07) is 1.63. The number of carbonyl (C=O) groups is 2. The number of aryl methyl sites for hydroxylation is 1. The molecule has 9 nitrogen and oxygen atoms in total. The number of aromatic nitrogens is 4. The molecule has 2 amide bonds. The molecule has 4 heterocycles. The Bertz CT molecular complexity index is 827. The number of aromatic amines is 1. The Morgan fingerprint density at radius 3 is 2.88 bits per heavy atom. The summed E-state index contributed by atoms with van der Waals surface area (Å²) in [6.07, 6.45) is 6.43. The van der Waals surface area contributed by atoms with E-state index in [4.69, 9.17) is 5.73 Å². The van der Waals surface area contributed by atoms with Crippen LogP contribution in [-0.2, 0) is 11.8 Å². The average molecular weight is 357 g/mol. The van der Waals surface area contributed by atoms with E-state index in [1.54, 1.807) is 16.9 Å². The molecule has 0 saturated carbocycles. The third kappa shape index (κ3) is 2.98. The highest BCUT2D eigenvalue weighted by atomic mass is 16.2. The number of anilines is 1. The standard InChI is InChI=1S/C17H23N7O2/c1-22-10-12(8-19-22)24-6-4-15(17(24)26)23-5-2-3-11(9-23)13-7-14(16(18)25)21-20-13/h7-8,10-11,15H,2-6,9H2,1H3,(H2,18,25)(H,20,21). The zero-order valence-corrected chi connectivity index (χ0v) is 14.8. The van der Waals surface area contributed by atoms with Gasteiger partial charge in [-0.1, -0.05) is 0 Å². The van der Waals surface area contributed by atoms with Crippen LogP contribution in [0.5, 0.6) is 0 Å². The Balaban J connectivity index is 1.46. The molecule has 2 unspecified atom stereocenters. The monoisotopic (exact) mass is 357 g/mol. The molecule has 0 aromatic carbocycles. The van der Waals surface area contributed by atoms with E-state index in [1.807, 2.05) is 18.1 Å². The molecule has 138 valence electrons. The molecular weight excluding hydrogens is 334 g/mol. The Labute approximate surface area is 151 Å². The van der Waals surface area contributed by atoms with Crippen LogP contribution in [0.2, 0.25) is 0 Å². The van der Waals surface area contributed by atoms with Crippen molar-refractivity contribution in [2.45, 2.75) is 31.2 Å². The van der Waals surface area contributed by atoms with Gasteiger partial charge < -0.3 is 10.6 Å². The van der Waals surface area contributed by atoms with Gasteiger partial charge in [0.2, 0.25) is 5.91 Å². The van der Waals surface area contributed by atoms with Crippen LogP contribution in [0.3, 0.4) is 0 Å². The number of H-pyrrole nitrogens is 1. The highest BCUT2D eigenvalue weighted by Gasteiger charge is 2.39. The highest BCUT2D eigenvalue weighted by Crippen LogP contribution is 2.31. The van der Waals surface area contributed by atoms with Gasteiger partial charge in [0.25, 0.3) is 5.91 Å². The Hall–Kier alpha value is -2.68. The molecule has 2 aliphatic rings. The van der Waals surface area contributed by atoms with Gasteiger partial charge in [0.15, 0.2) is 0 Å². The Morgan fingerprint density at radius 2 is 2.19 bits per heavy atom. The number of carbonyl (C=O) groups excluding carboxylic acids is 2. The minimum absolute atomic E-state index is 0.100. The molecule has 0 spiro atoms. The third-order valence-corrected chi connectivity index (χ3v) is 5.36. The number of nitrogens with zero attached hydrogens (tertiary/aromatic N) is 5. The number of hydrogen-bond donors (Lipinski definition) is 2. The Morgan fingerprint density at radius 1 is 1.35 bits per heavy atom. The number of primary amides is 1. The molecule has 0 radical (unpaired) electrons. The van der Waals surface area contributed by atoms with Gasteiger partial charge in [0.1, 0.15) is 5.69 Å². The Kier molecular flexibility index (Phi) is 4.23. The van der Waals surface area contributed by atoms with Crippen molar-refractivity contribution in [3.05, 3.63) is 29.8 Å². The van der Waals surface area contributed by atoms with Crippen LogP contribution in [0.4, 0.5) is 5.69 Å². The van der Waals surface area contributed by atoms with Gasteiger partial charge >= 0.3 is 0 Å². The van der Waals surface area contributed by atoms with Gasteiger partial charge in [0, 0.05) is 37.9 Å². The van der Waals surface area contributed by atoms with Crippen molar-refractivity contribution in [1.82, 2.24) is 24.9 Å². The zero-order chi connectivity index (χ0) is 18.3. The van der Waals surface area contributed by atoms with Crippen molar-refractivity contribution in [3.8, 4) is 0 Å². The maximum absolute atomic E-state index is 12.9. The lowest BCUT2D eigenvalue weighted by molar-refractivity contribution is -0.122. The van der Waals surface area contributed by atoms with Crippen LogP contribution in [0, 0.1) is 0 Å². The number of piperidine rings is 1. The molecular formula is C17H23N7O2. The van der Waals surface area contributed by atoms with E-state index in [-0.39, 0.29) is 23.6 Å². The fraction of sp³-hybridized carbons (Fsp3) is 0.529. The normalized spacial score (nSPS) is 24.3. The fourth-order valence-electron chi connectivity index (χ4n) is 4.02. The van der Waals surface area contributed by atoms with E-state index in [9.17, 15) is 9.59 Å². The average Bonchev–Trinajstić information content (AvgIpc) is 3.34. The number of amides is 2. The van der Waals surface area contributed by atoms with Gasteiger partial charge in [-0.2, -0.15) is 10.2 Å². The molecule has 2 saturated heterocycles. The zero-order valence-electron chi connectivity index (χ0n) is 14.8. The first-order chi connectivity index (χ1) is 12.5. The SMILES string of the molecule is Cn1cc(N2CCC(N3CCCC(c4cc(C(N)=O)n[nH]4)C3)C2=O)cn1. The van der Waals surface area contributed by atoms with Crippen LogP contribution in [0.1, 0.15) is 41.4 Å². The first-order valence-corrected chi connectivity index (χ1v) is 8.92. The van der Waals surface area contributed by atoms with E-state index in [2.05, 4.69) is 20.2 Å². The molecule has 9 heteroatoms. The predicted molar refractivity (Wildman–Crippen MR) is 94.6 cm³/mol. The summed E-state index contributed by atoms with van der Waals surface area (Å²) in [4.78, 5) is 28.3. The summed E-state index contributed by atoms with van der Waals surface area (Å²) in [5, 5.41) is 11.1. The van der Waals surface area contributed by atoms with E-state index < -0.39 is 5.91 Å². The van der Waals surface area contributed by atoms with Crippen molar-refractivity contribution in [2.24, 2.45) is 12.8 Å². The highest BCUT2D eigenvalue weighted by molar-refractivity contribution is 5.99. The van der Waals surface area contributed by atoms with E-state index in [0.717, 1.165) is 43.7 Å². The summed E-state index contributed by atoms with van der Waals surface area (Å²) in [5.74, 6) is -0.163. The minimum atomic E-state index is -0.529. The van der Waals surface area contributed by atoms with Gasteiger partial charge in [-0.15, -0.1) is 0 Å². The third-order valence-electron chi connectivity index (χ3n) is 5.36. The number of hydrogen-bond acceptors (Lipinski definition) is 5. The molecule has 2 aromatic rings. The molecule has 0 bridgehead atoms. The number of rotatable bonds is 4. The molecule has 3 N–H and O–H groups in total. The van der Waals surface area contributed by atoms with E-state index in [0.29, 0.717) is 6.54 Å². The molecule has 2 atom stereocenters. The van der Waals surface area contributed by atoms with Gasteiger partial charge in [-0.25, -0.2) is 0 Å². The quantitative estimate of drug-likeness (QED) is 0.813. The second kappa shape index (κ2) is 6.56. The summed E-state index contributed by atoms with van der Waals surface area (Å²) in [6.45, 7) is 2.40. The fourth-order valence-corrected chi connectivity index (χ4v) is 4.02. The second-order valence-corrected chi connectivity index (χ2v) is 7.07. The smallest absolute Gasteiger partial charge is 0.269 e. The first kappa shape index (κ1) is 16.8. The van der Waals surface area contributed by atoms with Crippen molar-refractivity contribution in [2.75, 3.05) is 24.5 Å². The van der Waals surface area contributed by atoms with Crippen LogP contribution in [0.25, 0.3) is 0 Å². The molecule has 0 aliphatic carbocycles. The molecule has 26 heavy (non-hydrogen) atoms. The maximum atomic E-state index is 12.9. The van der Waals surface area contributed by atoms with Gasteiger partial charge in [-0.05, 0) is 31.9 Å². The van der Waals surface area contributed by atoms with Crippen LogP contribution in [-0.4, -0.2) is 62.4 Å². The lowest BCUT2D eigenvalue weighted by atomic mass is 9.93. The van der Waals surface area contributed by atoms with E-state index >= 15 is 0 Å². The van der Waals surface area contributed by atoms with Crippen LogP contribution < -0.4 is 10.6 Å². The maximum Gasteiger partial charge on any atom is 0.269 e. The first-order valence-electron chi connectivity index (χ1n) is 8.92.